The Kier molecular flexibility index (Phi) is 3.87. The highest BCUT2D eigenvalue weighted by atomic mass is 16.3. The van der Waals surface area contributed by atoms with Crippen LogP contribution in [-0.2, 0) is 11.3 Å². The van der Waals surface area contributed by atoms with Crippen molar-refractivity contribution >= 4 is 5.91 Å². The number of carbonyl (C=O) groups is 1. The molecule has 0 saturated heterocycles. The van der Waals surface area contributed by atoms with Crippen LogP contribution in [0, 0.1) is 5.41 Å². The predicted molar refractivity (Wildman–Crippen MR) is 69.9 cm³/mol. The lowest BCUT2D eigenvalue weighted by atomic mass is 9.66. The van der Waals surface area contributed by atoms with Gasteiger partial charge in [-0.15, -0.1) is 0 Å². The largest absolute Gasteiger partial charge is 0.508 e. The van der Waals surface area contributed by atoms with Crippen LogP contribution in [0.1, 0.15) is 31.2 Å². The molecule has 1 aromatic carbocycles. The number of phenolic OH excluding ortho intramolecular Hbond substituents is 1. The Balaban J connectivity index is 1.79. The highest BCUT2D eigenvalue weighted by molar-refractivity contribution is 5.76. The van der Waals surface area contributed by atoms with E-state index in [1.165, 1.54) is 6.42 Å². The highest BCUT2D eigenvalue weighted by Crippen LogP contribution is 2.42. The SMILES string of the molecule is NCC1(CC(=O)NCc2ccc(O)cc2)CCC1. The second-order valence-electron chi connectivity index (χ2n) is 5.18. The number of nitrogens with one attached hydrogen (secondary N) is 1. The van der Waals surface area contributed by atoms with E-state index in [2.05, 4.69) is 5.32 Å². The summed E-state index contributed by atoms with van der Waals surface area (Å²) >= 11 is 0. The number of phenols is 1. The van der Waals surface area contributed by atoms with Crippen LogP contribution < -0.4 is 11.1 Å². The molecular formula is C14H20N2O2. The summed E-state index contributed by atoms with van der Waals surface area (Å²) in [6.07, 6.45) is 3.84. The lowest BCUT2D eigenvalue weighted by Crippen LogP contribution is -2.41. The monoisotopic (exact) mass is 248 g/mol. The predicted octanol–water partition coefficient (Wildman–Crippen LogP) is 1.53. The zero-order valence-electron chi connectivity index (χ0n) is 10.5. The summed E-state index contributed by atoms with van der Waals surface area (Å²) in [4.78, 5) is 11.8. The van der Waals surface area contributed by atoms with Crippen molar-refractivity contribution in [3.8, 4) is 5.75 Å². The molecule has 0 radical (unpaired) electrons. The van der Waals surface area contributed by atoms with Crippen molar-refractivity contribution in [2.75, 3.05) is 6.54 Å². The zero-order valence-corrected chi connectivity index (χ0v) is 10.5. The van der Waals surface area contributed by atoms with E-state index < -0.39 is 0 Å². The van der Waals surface area contributed by atoms with Crippen molar-refractivity contribution in [2.24, 2.45) is 11.1 Å². The number of nitrogens with two attached hydrogens (primary N) is 1. The number of benzene rings is 1. The highest BCUT2D eigenvalue weighted by Gasteiger charge is 2.37. The van der Waals surface area contributed by atoms with E-state index in [4.69, 9.17) is 10.8 Å². The molecule has 4 N–H and O–H groups in total. The van der Waals surface area contributed by atoms with Gasteiger partial charge < -0.3 is 16.2 Å². The van der Waals surface area contributed by atoms with Gasteiger partial charge in [-0.05, 0) is 42.5 Å². The lowest BCUT2D eigenvalue weighted by Gasteiger charge is -2.40. The summed E-state index contributed by atoms with van der Waals surface area (Å²) in [7, 11) is 0. The van der Waals surface area contributed by atoms with Crippen molar-refractivity contribution in [2.45, 2.75) is 32.2 Å². The van der Waals surface area contributed by atoms with Gasteiger partial charge >= 0.3 is 0 Å². The molecule has 0 bridgehead atoms. The molecule has 0 aromatic heterocycles. The van der Waals surface area contributed by atoms with Crippen LogP contribution >= 0.6 is 0 Å². The third-order valence-corrected chi connectivity index (χ3v) is 3.81. The molecule has 0 aliphatic heterocycles. The second-order valence-corrected chi connectivity index (χ2v) is 5.18. The van der Waals surface area contributed by atoms with Crippen LogP contribution in [0.15, 0.2) is 24.3 Å². The Hall–Kier alpha value is -1.55. The van der Waals surface area contributed by atoms with Crippen LogP contribution in [0.4, 0.5) is 0 Å². The van der Waals surface area contributed by atoms with Crippen molar-refractivity contribution in [3.05, 3.63) is 29.8 Å². The van der Waals surface area contributed by atoms with E-state index in [0.29, 0.717) is 19.5 Å². The van der Waals surface area contributed by atoms with Gasteiger partial charge in [0.05, 0.1) is 0 Å². The molecule has 1 fully saturated rings. The smallest absolute Gasteiger partial charge is 0.220 e. The summed E-state index contributed by atoms with van der Waals surface area (Å²) in [6, 6.07) is 6.85. The number of hydrogen-bond acceptors (Lipinski definition) is 3. The van der Waals surface area contributed by atoms with Gasteiger partial charge in [-0.2, -0.15) is 0 Å². The second kappa shape index (κ2) is 5.40. The standard InChI is InChI=1S/C14H20N2O2/c15-10-14(6-1-7-14)8-13(18)16-9-11-2-4-12(17)5-3-11/h2-5,17H,1,6-10,15H2,(H,16,18). The fourth-order valence-corrected chi connectivity index (χ4v) is 2.35. The van der Waals surface area contributed by atoms with Gasteiger partial charge in [0.2, 0.25) is 5.91 Å². The maximum Gasteiger partial charge on any atom is 0.220 e. The zero-order chi connectivity index (χ0) is 13.0. The van der Waals surface area contributed by atoms with Gasteiger partial charge in [-0.3, -0.25) is 4.79 Å². The molecule has 4 heteroatoms. The molecule has 0 spiro atoms. The van der Waals surface area contributed by atoms with Gasteiger partial charge in [0, 0.05) is 13.0 Å². The van der Waals surface area contributed by atoms with Gasteiger partial charge in [-0.1, -0.05) is 18.6 Å². The van der Waals surface area contributed by atoms with E-state index >= 15 is 0 Å². The van der Waals surface area contributed by atoms with E-state index in [-0.39, 0.29) is 17.1 Å². The minimum absolute atomic E-state index is 0.0546. The van der Waals surface area contributed by atoms with Gasteiger partial charge in [0.15, 0.2) is 0 Å². The molecule has 0 unspecified atom stereocenters. The summed E-state index contributed by atoms with van der Waals surface area (Å²) in [5.74, 6) is 0.301. The van der Waals surface area contributed by atoms with Crippen LogP contribution in [0.3, 0.4) is 0 Å². The maximum absolute atomic E-state index is 11.8. The number of amides is 1. The Bertz CT molecular complexity index is 405. The van der Waals surface area contributed by atoms with Crippen molar-refractivity contribution in [1.82, 2.24) is 5.32 Å². The molecule has 0 heterocycles. The molecule has 18 heavy (non-hydrogen) atoms. The van der Waals surface area contributed by atoms with Crippen molar-refractivity contribution < 1.29 is 9.90 Å². The molecule has 1 aliphatic rings. The van der Waals surface area contributed by atoms with Crippen LogP contribution in [0.5, 0.6) is 5.75 Å². The Morgan fingerprint density at radius 2 is 2.00 bits per heavy atom. The van der Waals surface area contributed by atoms with Crippen molar-refractivity contribution in [1.29, 1.82) is 0 Å². The minimum atomic E-state index is 0.0546. The Morgan fingerprint density at radius 1 is 1.33 bits per heavy atom. The average molecular weight is 248 g/mol. The maximum atomic E-state index is 11.8. The molecule has 1 aliphatic carbocycles. The van der Waals surface area contributed by atoms with Gasteiger partial charge in [0.1, 0.15) is 5.75 Å². The summed E-state index contributed by atoms with van der Waals surface area (Å²) in [5, 5.41) is 12.1. The summed E-state index contributed by atoms with van der Waals surface area (Å²) < 4.78 is 0. The topological polar surface area (TPSA) is 75.4 Å². The molecule has 1 amide bonds. The average Bonchev–Trinajstić information content (AvgIpc) is 2.33. The lowest BCUT2D eigenvalue weighted by molar-refractivity contribution is -0.124. The summed E-state index contributed by atoms with van der Waals surface area (Å²) in [6.45, 7) is 1.10. The molecular weight excluding hydrogens is 228 g/mol. The quantitative estimate of drug-likeness (QED) is 0.739. The fraction of sp³-hybridized carbons (Fsp3) is 0.500. The first-order chi connectivity index (χ1) is 8.63. The molecule has 4 nitrogen and oxygen atoms in total. The summed E-state index contributed by atoms with van der Waals surface area (Å²) in [5.41, 5.74) is 6.77. The normalized spacial score (nSPS) is 16.9. The third kappa shape index (κ3) is 3.01. The first-order valence-electron chi connectivity index (χ1n) is 6.38. The minimum Gasteiger partial charge on any atom is -0.508 e. The number of aromatic hydroxyl groups is 1. The van der Waals surface area contributed by atoms with Gasteiger partial charge in [0.25, 0.3) is 0 Å². The van der Waals surface area contributed by atoms with E-state index in [9.17, 15) is 4.79 Å². The fourth-order valence-electron chi connectivity index (χ4n) is 2.35. The van der Waals surface area contributed by atoms with Gasteiger partial charge in [-0.25, -0.2) is 0 Å². The molecule has 98 valence electrons. The third-order valence-electron chi connectivity index (χ3n) is 3.81. The first-order valence-corrected chi connectivity index (χ1v) is 6.38. The molecule has 2 rings (SSSR count). The van der Waals surface area contributed by atoms with Crippen LogP contribution in [0.2, 0.25) is 0 Å². The van der Waals surface area contributed by atoms with Crippen LogP contribution in [-0.4, -0.2) is 17.6 Å². The van der Waals surface area contributed by atoms with E-state index in [1.807, 2.05) is 0 Å². The Morgan fingerprint density at radius 3 is 2.50 bits per heavy atom. The number of rotatable bonds is 5. The molecule has 0 atom stereocenters. The van der Waals surface area contributed by atoms with Crippen LogP contribution in [0.25, 0.3) is 0 Å². The molecule has 1 aromatic rings. The van der Waals surface area contributed by atoms with E-state index in [0.717, 1.165) is 18.4 Å². The van der Waals surface area contributed by atoms with E-state index in [1.54, 1.807) is 24.3 Å². The number of carbonyl (C=O) groups excluding carboxylic acids is 1. The first kappa shape index (κ1) is 12.9. The molecule has 1 saturated carbocycles. The number of hydrogen-bond donors (Lipinski definition) is 3. The Labute approximate surface area is 107 Å². The van der Waals surface area contributed by atoms with Crippen molar-refractivity contribution in [3.63, 3.8) is 0 Å².